The van der Waals surface area contributed by atoms with Crippen molar-refractivity contribution in [2.24, 2.45) is 0 Å². The van der Waals surface area contributed by atoms with Gasteiger partial charge in [0.15, 0.2) is 0 Å². The molecule has 1 aromatic rings. The molecule has 78 valence electrons. The lowest BCUT2D eigenvalue weighted by atomic mass is 10.2. The molecule has 3 heteroatoms. The van der Waals surface area contributed by atoms with Gasteiger partial charge in [-0.1, -0.05) is 29.8 Å². The van der Waals surface area contributed by atoms with Crippen LogP contribution in [0.15, 0.2) is 24.3 Å². The van der Waals surface area contributed by atoms with Gasteiger partial charge in [0.1, 0.15) is 0 Å². The van der Waals surface area contributed by atoms with Crippen molar-refractivity contribution < 1.29 is 0 Å². The maximum absolute atomic E-state index is 6.06. The Hall–Kier alpha value is -0.180. The fourth-order valence-corrected chi connectivity index (χ4v) is 1.67. The van der Waals surface area contributed by atoms with Gasteiger partial charge in [0.2, 0.25) is 0 Å². The third-order valence-electron chi connectivity index (χ3n) is 2.10. The maximum atomic E-state index is 6.06. The zero-order chi connectivity index (χ0) is 10.4. The molecule has 1 aromatic carbocycles. The SMILES string of the molecule is CN(CCCS)Cc1ccccc1Cl. The highest BCUT2D eigenvalue weighted by atomic mass is 35.5. The van der Waals surface area contributed by atoms with Gasteiger partial charge in [0, 0.05) is 11.6 Å². The van der Waals surface area contributed by atoms with Crippen LogP contribution in [0.4, 0.5) is 0 Å². The molecule has 14 heavy (non-hydrogen) atoms. The molecule has 0 unspecified atom stereocenters. The Morgan fingerprint density at radius 2 is 2.07 bits per heavy atom. The summed E-state index contributed by atoms with van der Waals surface area (Å²) in [5.74, 6) is 0.937. The molecule has 0 aliphatic carbocycles. The fourth-order valence-electron chi connectivity index (χ4n) is 1.34. The summed E-state index contributed by atoms with van der Waals surface area (Å²) in [6.07, 6.45) is 1.12. The minimum absolute atomic E-state index is 0.852. The highest BCUT2D eigenvalue weighted by Crippen LogP contribution is 2.16. The Morgan fingerprint density at radius 1 is 1.36 bits per heavy atom. The van der Waals surface area contributed by atoms with Crippen LogP contribution >= 0.6 is 24.2 Å². The van der Waals surface area contributed by atoms with Crippen molar-refractivity contribution in [3.8, 4) is 0 Å². The van der Waals surface area contributed by atoms with Crippen molar-refractivity contribution in [2.75, 3.05) is 19.3 Å². The number of halogens is 1. The van der Waals surface area contributed by atoms with E-state index in [2.05, 4.69) is 30.6 Å². The molecule has 0 aliphatic heterocycles. The average molecular weight is 230 g/mol. The minimum atomic E-state index is 0.852. The molecule has 0 fully saturated rings. The quantitative estimate of drug-likeness (QED) is 0.760. The summed E-state index contributed by atoms with van der Waals surface area (Å²) >= 11 is 10.2. The van der Waals surface area contributed by atoms with Crippen molar-refractivity contribution in [3.05, 3.63) is 34.9 Å². The second kappa shape index (κ2) is 6.33. The highest BCUT2D eigenvalue weighted by Gasteiger charge is 2.02. The fraction of sp³-hybridized carbons (Fsp3) is 0.455. The van der Waals surface area contributed by atoms with Crippen molar-refractivity contribution in [2.45, 2.75) is 13.0 Å². The first-order valence-electron chi connectivity index (χ1n) is 4.77. The largest absolute Gasteiger partial charge is 0.302 e. The van der Waals surface area contributed by atoms with E-state index in [1.165, 1.54) is 5.56 Å². The minimum Gasteiger partial charge on any atom is -0.302 e. The highest BCUT2D eigenvalue weighted by molar-refractivity contribution is 7.80. The van der Waals surface area contributed by atoms with E-state index in [1.807, 2.05) is 18.2 Å². The lowest BCUT2D eigenvalue weighted by Gasteiger charge is -2.16. The van der Waals surface area contributed by atoms with E-state index >= 15 is 0 Å². The van der Waals surface area contributed by atoms with Gasteiger partial charge in [-0.2, -0.15) is 12.6 Å². The van der Waals surface area contributed by atoms with Crippen molar-refractivity contribution in [1.82, 2.24) is 4.90 Å². The van der Waals surface area contributed by atoms with Crippen molar-refractivity contribution in [3.63, 3.8) is 0 Å². The summed E-state index contributed by atoms with van der Waals surface area (Å²) in [5.41, 5.74) is 1.19. The van der Waals surface area contributed by atoms with Crippen LogP contribution in [0.25, 0.3) is 0 Å². The molecule has 0 heterocycles. The summed E-state index contributed by atoms with van der Waals surface area (Å²) in [6.45, 7) is 1.97. The first kappa shape index (κ1) is 11.9. The summed E-state index contributed by atoms with van der Waals surface area (Å²) in [4.78, 5) is 2.26. The third-order valence-corrected chi connectivity index (χ3v) is 2.78. The van der Waals surface area contributed by atoms with E-state index < -0.39 is 0 Å². The lowest BCUT2D eigenvalue weighted by molar-refractivity contribution is 0.329. The van der Waals surface area contributed by atoms with E-state index in [1.54, 1.807) is 0 Å². The van der Waals surface area contributed by atoms with Crippen LogP contribution in [-0.2, 0) is 6.54 Å². The number of rotatable bonds is 5. The first-order valence-corrected chi connectivity index (χ1v) is 5.78. The molecule has 0 N–H and O–H groups in total. The molecular formula is C11H16ClNS. The monoisotopic (exact) mass is 229 g/mol. The molecule has 0 aromatic heterocycles. The zero-order valence-electron chi connectivity index (χ0n) is 8.41. The molecule has 0 saturated carbocycles. The smallest absolute Gasteiger partial charge is 0.0451 e. The van der Waals surface area contributed by atoms with E-state index in [0.717, 1.165) is 30.3 Å². The number of nitrogens with zero attached hydrogens (tertiary/aromatic N) is 1. The molecule has 0 bridgehead atoms. The topological polar surface area (TPSA) is 3.24 Å². The predicted molar refractivity (Wildman–Crippen MR) is 66.3 cm³/mol. The number of hydrogen-bond donors (Lipinski definition) is 1. The van der Waals surface area contributed by atoms with Crippen LogP contribution in [-0.4, -0.2) is 24.2 Å². The normalized spacial score (nSPS) is 10.9. The van der Waals surface area contributed by atoms with Gasteiger partial charge in [-0.15, -0.1) is 0 Å². The van der Waals surface area contributed by atoms with Crippen LogP contribution in [0, 0.1) is 0 Å². The molecule has 0 saturated heterocycles. The Labute approximate surface area is 96.5 Å². The van der Waals surface area contributed by atoms with Crippen LogP contribution < -0.4 is 0 Å². The molecular weight excluding hydrogens is 214 g/mol. The number of thiol groups is 1. The Bertz CT molecular complexity index is 278. The van der Waals surface area contributed by atoms with Gasteiger partial charge >= 0.3 is 0 Å². The van der Waals surface area contributed by atoms with Gasteiger partial charge < -0.3 is 4.90 Å². The summed E-state index contributed by atoms with van der Waals surface area (Å²) in [6, 6.07) is 7.98. The Morgan fingerprint density at radius 3 is 2.71 bits per heavy atom. The molecule has 0 radical (unpaired) electrons. The average Bonchev–Trinajstić information content (AvgIpc) is 2.18. The Kier molecular flexibility index (Phi) is 5.38. The zero-order valence-corrected chi connectivity index (χ0v) is 10.1. The van der Waals surface area contributed by atoms with Crippen LogP contribution in [0.3, 0.4) is 0 Å². The standard InChI is InChI=1S/C11H16ClNS/c1-13(7-4-8-14)9-10-5-2-3-6-11(10)12/h2-3,5-6,14H,4,7-9H2,1H3. The first-order chi connectivity index (χ1) is 6.74. The second-order valence-corrected chi connectivity index (χ2v) is 4.26. The number of benzene rings is 1. The number of hydrogen-bond acceptors (Lipinski definition) is 2. The summed E-state index contributed by atoms with van der Waals surface area (Å²) in [5, 5.41) is 0.852. The van der Waals surface area contributed by atoms with Gasteiger partial charge in [-0.25, -0.2) is 0 Å². The maximum Gasteiger partial charge on any atom is 0.0451 e. The predicted octanol–water partition coefficient (Wildman–Crippen LogP) is 3.09. The summed E-state index contributed by atoms with van der Waals surface area (Å²) in [7, 11) is 2.10. The molecule has 0 spiro atoms. The van der Waals surface area contributed by atoms with Crippen LogP contribution in [0.5, 0.6) is 0 Å². The van der Waals surface area contributed by atoms with Gasteiger partial charge in [-0.05, 0) is 37.4 Å². The van der Waals surface area contributed by atoms with E-state index in [0.29, 0.717) is 0 Å². The van der Waals surface area contributed by atoms with E-state index in [4.69, 9.17) is 11.6 Å². The van der Waals surface area contributed by atoms with E-state index in [9.17, 15) is 0 Å². The summed E-state index contributed by atoms with van der Waals surface area (Å²) < 4.78 is 0. The molecule has 1 nitrogen and oxygen atoms in total. The van der Waals surface area contributed by atoms with Crippen molar-refractivity contribution >= 4 is 24.2 Å². The molecule has 0 aliphatic rings. The van der Waals surface area contributed by atoms with Gasteiger partial charge in [0.05, 0.1) is 0 Å². The van der Waals surface area contributed by atoms with Crippen LogP contribution in [0.1, 0.15) is 12.0 Å². The second-order valence-electron chi connectivity index (χ2n) is 3.41. The third kappa shape index (κ3) is 3.91. The molecule has 1 rings (SSSR count). The van der Waals surface area contributed by atoms with Crippen molar-refractivity contribution in [1.29, 1.82) is 0 Å². The molecule has 0 amide bonds. The van der Waals surface area contributed by atoms with Gasteiger partial charge in [0.25, 0.3) is 0 Å². The molecule has 0 atom stereocenters. The lowest BCUT2D eigenvalue weighted by Crippen LogP contribution is -2.19. The van der Waals surface area contributed by atoms with E-state index in [-0.39, 0.29) is 0 Å². The van der Waals surface area contributed by atoms with Crippen LogP contribution in [0.2, 0.25) is 5.02 Å². The Balaban J connectivity index is 2.47. The van der Waals surface area contributed by atoms with Gasteiger partial charge in [-0.3, -0.25) is 0 Å².